The molecular formula is C14H17NO4. The summed E-state index contributed by atoms with van der Waals surface area (Å²) in [5.74, 6) is -0.876. The normalized spacial score (nSPS) is 17.9. The Morgan fingerprint density at radius 1 is 1.37 bits per heavy atom. The number of ether oxygens (including phenoxy) is 1. The first-order valence-electron chi connectivity index (χ1n) is 6.25. The number of carboxylic acids is 1. The van der Waals surface area contributed by atoms with Gasteiger partial charge < -0.3 is 14.7 Å². The molecule has 5 heteroatoms. The van der Waals surface area contributed by atoms with Crippen LogP contribution in [0.4, 0.5) is 5.69 Å². The van der Waals surface area contributed by atoms with E-state index in [-0.39, 0.29) is 12.5 Å². The monoisotopic (exact) mass is 263 g/mol. The molecule has 0 fully saturated rings. The number of hydrogen-bond acceptors (Lipinski definition) is 3. The molecule has 1 N–H and O–H groups in total. The van der Waals surface area contributed by atoms with Crippen molar-refractivity contribution >= 4 is 17.6 Å². The van der Waals surface area contributed by atoms with Crippen molar-refractivity contribution in [2.45, 2.75) is 13.3 Å². The van der Waals surface area contributed by atoms with Crippen LogP contribution in [-0.2, 0) is 20.7 Å². The maximum atomic E-state index is 12.1. The SMILES string of the molecule is CC1Cc2ccccc2N(C(=O)COCC(=O)O)C1. The molecule has 0 radical (unpaired) electrons. The molecular weight excluding hydrogens is 246 g/mol. The average molecular weight is 263 g/mol. The molecule has 1 aromatic carbocycles. The van der Waals surface area contributed by atoms with E-state index >= 15 is 0 Å². The fourth-order valence-corrected chi connectivity index (χ4v) is 2.34. The molecule has 0 bridgehead atoms. The van der Waals surface area contributed by atoms with Crippen LogP contribution in [0, 0.1) is 5.92 Å². The fraction of sp³-hybridized carbons (Fsp3) is 0.429. The van der Waals surface area contributed by atoms with E-state index in [4.69, 9.17) is 9.84 Å². The first kappa shape index (κ1) is 13.5. The predicted octanol–water partition coefficient (Wildman–Crippen LogP) is 1.31. The summed E-state index contributed by atoms with van der Waals surface area (Å²) in [6.45, 7) is 2.09. The van der Waals surface area contributed by atoms with Gasteiger partial charge >= 0.3 is 5.97 Å². The van der Waals surface area contributed by atoms with Crippen LogP contribution in [0.25, 0.3) is 0 Å². The quantitative estimate of drug-likeness (QED) is 0.889. The van der Waals surface area contributed by atoms with Crippen molar-refractivity contribution in [1.82, 2.24) is 0 Å². The minimum atomic E-state index is -1.07. The van der Waals surface area contributed by atoms with E-state index in [2.05, 4.69) is 6.92 Å². The highest BCUT2D eigenvalue weighted by Gasteiger charge is 2.25. The molecule has 1 amide bonds. The molecule has 1 heterocycles. The van der Waals surface area contributed by atoms with Gasteiger partial charge in [-0.05, 0) is 24.0 Å². The lowest BCUT2D eigenvalue weighted by Gasteiger charge is -2.33. The van der Waals surface area contributed by atoms with E-state index in [9.17, 15) is 9.59 Å². The Morgan fingerprint density at radius 3 is 2.84 bits per heavy atom. The summed E-state index contributed by atoms with van der Waals surface area (Å²) in [7, 11) is 0. The predicted molar refractivity (Wildman–Crippen MR) is 70.1 cm³/mol. The minimum Gasteiger partial charge on any atom is -0.480 e. The number of amides is 1. The first-order chi connectivity index (χ1) is 9.08. The molecule has 1 atom stereocenters. The summed E-state index contributed by atoms with van der Waals surface area (Å²) in [5, 5.41) is 8.49. The number of carbonyl (C=O) groups is 2. The fourth-order valence-electron chi connectivity index (χ4n) is 2.34. The van der Waals surface area contributed by atoms with Crippen LogP contribution in [0.3, 0.4) is 0 Å². The van der Waals surface area contributed by atoms with E-state index in [1.807, 2.05) is 24.3 Å². The Morgan fingerprint density at radius 2 is 2.11 bits per heavy atom. The third-order valence-electron chi connectivity index (χ3n) is 3.10. The summed E-state index contributed by atoms with van der Waals surface area (Å²) in [4.78, 5) is 24.1. The van der Waals surface area contributed by atoms with Crippen molar-refractivity contribution in [1.29, 1.82) is 0 Å². The number of benzene rings is 1. The van der Waals surface area contributed by atoms with E-state index < -0.39 is 12.6 Å². The standard InChI is InChI=1S/C14H17NO4/c1-10-6-11-4-2-3-5-12(11)15(7-10)13(16)8-19-9-14(17)18/h2-5,10H,6-9H2,1H3,(H,17,18). The van der Waals surface area contributed by atoms with Gasteiger partial charge in [0.2, 0.25) is 0 Å². The zero-order valence-corrected chi connectivity index (χ0v) is 10.8. The Hall–Kier alpha value is -1.88. The van der Waals surface area contributed by atoms with E-state index in [0.717, 1.165) is 17.7 Å². The number of hydrogen-bond donors (Lipinski definition) is 1. The molecule has 0 saturated heterocycles. The van der Waals surface area contributed by atoms with Crippen LogP contribution >= 0.6 is 0 Å². The van der Waals surface area contributed by atoms with Gasteiger partial charge in [-0.25, -0.2) is 4.79 Å². The van der Waals surface area contributed by atoms with Gasteiger partial charge in [-0.15, -0.1) is 0 Å². The van der Waals surface area contributed by atoms with Crippen LogP contribution in [0.1, 0.15) is 12.5 Å². The van der Waals surface area contributed by atoms with E-state index in [0.29, 0.717) is 12.5 Å². The minimum absolute atomic E-state index is 0.194. The van der Waals surface area contributed by atoms with Crippen molar-refractivity contribution < 1.29 is 19.4 Å². The molecule has 102 valence electrons. The van der Waals surface area contributed by atoms with Gasteiger partial charge in [0, 0.05) is 12.2 Å². The van der Waals surface area contributed by atoms with Crippen molar-refractivity contribution in [3.8, 4) is 0 Å². The summed E-state index contributed by atoms with van der Waals surface area (Å²) in [5.41, 5.74) is 2.05. The lowest BCUT2D eigenvalue weighted by atomic mass is 9.94. The molecule has 0 spiro atoms. The highest BCUT2D eigenvalue weighted by molar-refractivity contribution is 5.95. The summed E-state index contributed by atoms with van der Waals surface area (Å²) < 4.78 is 4.87. The Labute approximate surface area is 111 Å². The van der Waals surface area contributed by atoms with Gasteiger partial charge in [0.25, 0.3) is 5.91 Å². The topological polar surface area (TPSA) is 66.8 Å². The molecule has 1 aliphatic heterocycles. The Bertz CT molecular complexity index is 486. The zero-order chi connectivity index (χ0) is 13.8. The number of rotatable bonds is 4. The van der Waals surface area contributed by atoms with Gasteiger partial charge in [0.1, 0.15) is 13.2 Å². The van der Waals surface area contributed by atoms with Crippen LogP contribution in [0.2, 0.25) is 0 Å². The average Bonchev–Trinajstić information content (AvgIpc) is 2.37. The highest BCUT2D eigenvalue weighted by Crippen LogP contribution is 2.29. The number of aliphatic carboxylic acids is 1. The smallest absolute Gasteiger partial charge is 0.329 e. The summed E-state index contributed by atoms with van der Waals surface area (Å²) in [6.07, 6.45) is 0.954. The molecule has 0 saturated carbocycles. The lowest BCUT2D eigenvalue weighted by molar-refractivity contribution is -0.143. The molecule has 1 aromatic rings. The molecule has 5 nitrogen and oxygen atoms in total. The lowest BCUT2D eigenvalue weighted by Crippen LogP contribution is -2.41. The van der Waals surface area contributed by atoms with Gasteiger partial charge in [0.15, 0.2) is 0 Å². The first-order valence-corrected chi connectivity index (χ1v) is 6.25. The number of anilines is 1. The number of fused-ring (bicyclic) bond motifs is 1. The van der Waals surface area contributed by atoms with Crippen LogP contribution in [-0.4, -0.2) is 36.7 Å². The molecule has 1 unspecified atom stereocenters. The molecule has 0 aromatic heterocycles. The summed E-state index contributed by atoms with van der Waals surface area (Å²) >= 11 is 0. The molecule has 2 rings (SSSR count). The third kappa shape index (κ3) is 3.32. The second-order valence-electron chi connectivity index (χ2n) is 4.83. The van der Waals surface area contributed by atoms with Gasteiger partial charge in [-0.2, -0.15) is 0 Å². The third-order valence-corrected chi connectivity index (χ3v) is 3.10. The van der Waals surface area contributed by atoms with Crippen molar-refractivity contribution in [3.05, 3.63) is 29.8 Å². The maximum Gasteiger partial charge on any atom is 0.329 e. The van der Waals surface area contributed by atoms with Gasteiger partial charge in [-0.3, -0.25) is 4.79 Å². The Balaban J connectivity index is 2.07. The van der Waals surface area contributed by atoms with Gasteiger partial charge in [-0.1, -0.05) is 25.1 Å². The van der Waals surface area contributed by atoms with Crippen molar-refractivity contribution in [3.63, 3.8) is 0 Å². The number of carbonyl (C=O) groups excluding carboxylic acids is 1. The molecule has 0 aliphatic carbocycles. The zero-order valence-electron chi connectivity index (χ0n) is 10.8. The highest BCUT2D eigenvalue weighted by atomic mass is 16.5. The van der Waals surface area contributed by atoms with Gasteiger partial charge in [0.05, 0.1) is 0 Å². The van der Waals surface area contributed by atoms with Crippen LogP contribution < -0.4 is 4.90 Å². The second kappa shape index (κ2) is 5.84. The van der Waals surface area contributed by atoms with Crippen molar-refractivity contribution in [2.24, 2.45) is 5.92 Å². The van der Waals surface area contributed by atoms with E-state index in [1.54, 1.807) is 4.90 Å². The van der Waals surface area contributed by atoms with Crippen LogP contribution in [0.15, 0.2) is 24.3 Å². The van der Waals surface area contributed by atoms with Crippen LogP contribution in [0.5, 0.6) is 0 Å². The number of carboxylic acid groups (broad SMARTS) is 1. The van der Waals surface area contributed by atoms with Crippen molar-refractivity contribution in [2.75, 3.05) is 24.7 Å². The maximum absolute atomic E-state index is 12.1. The Kier molecular flexibility index (Phi) is 4.16. The summed E-state index contributed by atoms with van der Waals surface area (Å²) in [6, 6.07) is 7.79. The second-order valence-corrected chi connectivity index (χ2v) is 4.83. The molecule has 1 aliphatic rings. The van der Waals surface area contributed by atoms with E-state index in [1.165, 1.54) is 0 Å². The number of para-hydroxylation sites is 1. The number of nitrogens with zero attached hydrogens (tertiary/aromatic N) is 1. The molecule has 19 heavy (non-hydrogen) atoms. The largest absolute Gasteiger partial charge is 0.480 e.